The van der Waals surface area contributed by atoms with E-state index in [0.29, 0.717) is 42.9 Å². The Kier molecular flexibility index (Phi) is 6.45. The van der Waals surface area contributed by atoms with Gasteiger partial charge in [-0.15, -0.1) is 0 Å². The van der Waals surface area contributed by atoms with Crippen LogP contribution in [-0.4, -0.2) is 43.7 Å². The fraction of sp³-hybridized carbons (Fsp3) is 0.417. The lowest BCUT2D eigenvalue weighted by Crippen LogP contribution is -2.45. The molecule has 4 rings (SSSR count). The molecule has 0 radical (unpaired) electrons. The number of hydrogen-bond donors (Lipinski definition) is 2. The third-order valence-electron chi connectivity index (χ3n) is 6.17. The SMILES string of the molecule is Cc1ccc(CNC(=O)[C@@H]2CCCN(S(=O)(=O)c3cc4c(cc3C)NC(=O)[C@H](C)O4)C2)cc1. The van der Waals surface area contributed by atoms with Crippen LogP contribution in [0.5, 0.6) is 5.75 Å². The second kappa shape index (κ2) is 9.15. The largest absolute Gasteiger partial charge is 0.479 e. The monoisotopic (exact) mass is 471 g/mol. The molecule has 1 saturated heterocycles. The van der Waals surface area contributed by atoms with Crippen LogP contribution in [0.15, 0.2) is 41.3 Å². The van der Waals surface area contributed by atoms with Gasteiger partial charge in [-0.25, -0.2) is 8.42 Å². The minimum absolute atomic E-state index is 0.130. The minimum atomic E-state index is -3.83. The number of nitrogens with one attached hydrogen (secondary N) is 2. The van der Waals surface area contributed by atoms with Crippen LogP contribution in [0.3, 0.4) is 0 Å². The lowest BCUT2D eigenvalue weighted by molar-refractivity contribution is -0.126. The van der Waals surface area contributed by atoms with E-state index in [1.54, 1.807) is 19.9 Å². The van der Waals surface area contributed by atoms with Gasteiger partial charge in [0.15, 0.2) is 6.10 Å². The van der Waals surface area contributed by atoms with Crippen molar-refractivity contribution < 1.29 is 22.7 Å². The van der Waals surface area contributed by atoms with Crippen LogP contribution in [0.25, 0.3) is 0 Å². The van der Waals surface area contributed by atoms with Crippen molar-refractivity contribution in [2.45, 2.75) is 51.2 Å². The molecule has 2 heterocycles. The summed E-state index contributed by atoms with van der Waals surface area (Å²) in [5, 5.41) is 5.68. The molecule has 8 nitrogen and oxygen atoms in total. The zero-order chi connectivity index (χ0) is 23.8. The Morgan fingerprint density at radius 3 is 2.67 bits per heavy atom. The molecule has 2 aromatic rings. The van der Waals surface area contributed by atoms with Crippen LogP contribution in [0.1, 0.15) is 36.5 Å². The van der Waals surface area contributed by atoms with Gasteiger partial charge in [0.25, 0.3) is 5.91 Å². The summed E-state index contributed by atoms with van der Waals surface area (Å²) in [6.07, 6.45) is 0.546. The molecule has 9 heteroatoms. The Balaban J connectivity index is 1.48. The van der Waals surface area contributed by atoms with Gasteiger partial charge < -0.3 is 15.4 Å². The van der Waals surface area contributed by atoms with E-state index >= 15 is 0 Å². The number of hydrogen-bond acceptors (Lipinski definition) is 5. The number of aryl methyl sites for hydroxylation is 2. The number of piperidine rings is 1. The first kappa shape index (κ1) is 23.3. The number of carbonyl (C=O) groups is 2. The number of fused-ring (bicyclic) bond motifs is 1. The van der Waals surface area contributed by atoms with Crippen molar-refractivity contribution in [2.24, 2.45) is 5.92 Å². The molecule has 176 valence electrons. The van der Waals surface area contributed by atoms with Crippen molar-refractivity contribution in [2.75, 3.05) is 18.4 Å². The molecule has 2 N–H and O–H groups in total. The average Bonchev–Trinajstić information content (AvgIpc) is 2.79. The summed E-state index contributed by atoms with van der Waals surface area (Å²) in [6, 6.07) is 11.0. The van der Waals surface area contributed by atoms with Gasteiger partial charge in [-0.2, -0.15) is 4.31 Å². The van der Waals surface area contributed by atoms with Crippen molar-refractivity contribution in [1.82, 2.24) is 9.62 Å². The summed E-state index contributed by atoms with van der Waals surface area (Å²) in [6.45, 7) is 6.20. The number of amides is 2. The second-order valence-corrected chi connectivity index (χ2v) is 10.7. The number of anilines is 1. The standard InChI is InChI=1S/C24H29N3O5S/c1-15-6-8-18(9-7-15)13-25-24(29)19-5-4-10-27(14-19)33(30,31)22-12-21-20(11-16(22)2)26-23(28)17(3)32-21/h6-9,11-12,17,19H,4-5,10,13-14H2,1-3H3,(H,25,29)(H,26,28)/t17-,19+/m0/s1. The molecule has 0 aliphatic carbocycles. The highest BCUT2D eigenvalue weighted by atomic mass is 32.2. The maximum atomic E-state index is 13.5. The van der Waals surface area contributed by atoms with E-state index in [2.05, 4.69) is 10.6 Å². The molecule has 2 amide bonds. The Morgan fingerprint density at radius 1 is 1.21 bits per heavy atom. The van der Waals surface area contributed by atoms with E-state index in [0.717, 1.165) is 11.1 Å². The lowest BCUT2D eigenvalue weighted by Gasteiger charge is -2.32. The van der Waals surface area contributed by atoms with Crippen LogP contribution >= 0.6 is 0 Å². The number of carbonyl (C=O) groups excluding carboxylic acids is 2. The highest BCUT2D eigenvalue weighted by Crippen LogP contribution is 2.36. The van der Waals surface area contributed by atoms with Crippen LogP contribution in [-0.2, 0) is 26.2 Å². The van der Waals surface area contributed by atoms with Crippen molar-refractivity contribution in [3.8, 4) is 5.75 Å². The quantitative estimate of drug-likeness (QED) is 0.698. The summed E-state index contributed by atoms with van der Waals surface area (Å²) in [5.41, 5.74) is 3.12. The zero-order valence-electron chi connectivity index (χ0n) is 19.1. The molecule has 0 bridgehead atoms. The normalized spacial score (nSPS) is 21.0. The van der Waals surface area contributed by atoms with E-state index in [1.807, 2.05) is 31.2 Å². The smallest absolute Gasteiger partial charge is 0.265 e. The van der Waals surface area contributed by atoms with Crippen LogP contribution in [0.4, 0.5) is 5.69 Å². The van der Waals surface area contributed by atoms with Gasteiger partial charge in [-0.1, -0.05) is 29.8 Å². The van der Waals surface area contributed by atoms with Crippen molar-refractivity contribution in [3.63, 3.8) is 0 Å². The van der Waals surface area contributed by atoms with E-state index < -0.39 is 22.0 Å². The second-order valence-electron chi connectivity index (χ2n) is 8.77. The molecule has 2 aliphatic rings. The van der Waals surface area contributed by atoms with Gasteiger partial charge in [0, 0.05) is 25.7 Å². The Labute approximate surface area is 194 Å². The van der Waals surface area contributed by atoms with E-state index in [-0.39, 0.29) is 23.3 Å². The fourth-order valence-electron chi connectivity index (χ4n) is 4.17. The third kappa shape index (κ3) is 4.89. The van der Waals surface area contributed by atoms with Crippen molar-refractivity contribution in [1.29, 1.82) is 0 Å². The predicted molar refractivity (Wildman–Crippen MR) is 124 cm³/mol. The number of sulfonamides is 1. The summed E-state index contributed by atoms with van der Waals surface area (Å²) in [4.78, 5) is 24.8. The first-order valence-corrected chi connectivity index (χ1v) is 12.5. The van der Waals surface area contributed by atoms with Gasteiger partial charge in [0.2, 0.25) is 15.9 Å². The topological polar surface area (TPSA) is 105 Å². The van der Waals surface area contributed by atoms with Gasteiger partial charge in [0.05, 0.1) is 16.5 Å². The summed E-state index contributed by atoms with van der Waals surface area (Å²) < 4.78 is 33.9. The number of rotatable bonds is 5. The highest BCUT2D eigenvalue weighted by molar-refractivity contribution is 7.89. The van der Waals surface area contributed by atoms with Crippen LogP contribution in [0, 0.1) is 19.8 Å². The van der Waals surface area contributed by atoms with E-state index in [1.165, 1.54) is 10.4 Å². The molecule has 0 saturated carbocycles. The maximum Gasteiger partial charge on any atom is 0.265 e. The molecular formula is C24H29N3O5S. The van der Waals surface area contributed by atoms with E-state index in [4.69, 9.17) is 4.74 Å². The van der Waals surface area contributed by atoms with E-state index in [9.17, 15) is 18.0 Å². The lowest BCUT2D eigenvalue weighted by atomic mass is 9.98. The van der Waals surface area contributed by atoms with Crippen LogP contribution in [0.2, 0.25) is 0 Å². The average molecular weight is 472 g/mol. The molecule has 1 fully saturated rings. The first-order chi connectivity index (χ1) is 15.6. The zero-order valence-corrected chi connectivity index (χ0v) is 19.9. The van der Waals surface area contributed by atoms with Gasteiger partial charge in [0.1, 0.15) is 5.75 Å². The van der Waals surface area contributed by atoms with Crippen LogP contribution < -0.4 is 15.4 Å². The minimum Gasteiger partial charge on any atom is -0.479 e. The highest BCUT2D eigenvalue weighted by Gasteiger charge is 2.35. The van der Waals surface area contributed by atoms with Gasteiger partial charge >= 0.3 is 0 Å². The Hall–Kier alpha value is -2.91. The molecule has 2 atom stereocenters. The molecule has 33 heavy (non-hydrogen) atoms. The Morgan fingerprint density at radius 2 is 1.94 bits per heavy atom. The molecule has 0 unspecified atom stereocenters. The third-order valence-corrected chi connectivity index (χ3v) is 8.18. The predicted octanol–water partition coefficient (Wildman–Crippen LogP) is 2.74. The maximum absolute atomic E-state index is 13.5. The van der Waals surface area contributed by atoms with Gasteiger partial charge in [-0.3, -0.25) is 9.59 Å². The number of benzene rings is 2. The summed E-state index contributed by atoms with van der Waals surface area (Å²) in [5.74, 6) is -0.492. The summed E-state index contributed by atoms with van der Waals surface area (Å²) in [7, 11) is -3.83. The first-order valence-electron chi connectivity index (χ1n) is 11.1. The van der Waals surface area contributed by atoms with Crippen molar-refractivity contribution in [3.05, 3.63) is 53.1 Å². The molecule has 2 aromatic carbocycles. The molecular weight excluding hydrogens is 442 g/mol. The number of ether oxygens (including phenoxy) is 1. The molecule has 0 spiro atoms. The summed E-state index contributed by atoms with van der Waals surface area (Å²) >= 11 is 0. The van der Waals surface area contributed by atoms with Crippen molar-refractivity contribution >= 4 is 27.5 Å². The fourth-order valence-corrected chi connectivity index (χ4v) is 5.92. The number of nitrogens with zero attached hydrogens (tertiary/aromatic N) is 1. The van der Waals surface area contributed by atoms with Gasteiger partial charge in [-0.05, 0) is 50.8 Å². The molecule has 2 aliphatic heterocycles. The Bertz CT molecular complexity index is 1180. The molecule has 0 aromatic heterocycles.